The minimum absolute atomic E-state index is 0.332. The van der Waals surface area contributed by atoms with Gasteiger partial charge in [-0.1, -0.05) is 30.3 Å². The van der Waals surface area contributed by atoms with Crippen LogP contribution in [0.3, 0.4) is 0 Å². The molecule has 31 heavy (non-hydrogen) atoms. The van der Waals surface area contributed by atoms with Gasteiger partial charge in [-0.05, 0) is 24.3 Å². The fourth-order valence-electron chi connectivity index (χ4n) is 3.57. The van der Waals surface area contributed by atoms with Crippen LogP contribution in [0.4, 0.5) is 31.0 Å². The maximum absolute atomic E-state index is 13.4. The van der Waals surface area contributed by atoms with Gasteiger partial charge in [0.15, 0.2) is 11.1 Å². The van der Waals surface area contributed by atoms with E-state index >= 15 is 0 Å². The van der Waals surface area contributed by atoms with Gasteiger partial charge in [-0.15, -0.1) is 0 Å². The number of hydrogen-bond acceptors (Lipinski definition) is 5. The summed E-state index contributed by atoms with van der Waals surface area (Å²) in [5.74, 6) is 0.683. The summed E-state index contributed by atoms with van der Waals surface area (Å²) in [7, 11) is -1.36. The highest BCUT2D eigenvalue weighted by Gasteiger charge is 2.35. The Kier molecular flexibility index (Phi) is 4.52. The predicted octanol–water partition coefficient (Wildman–Crippen LogP) is 5.12. The molecule has 2 amide bonds. The van der Waals surface area contributed by atoms with Crippen LogP contribution in [-0.2, 0) is 6.67 Å². The number of nitrogens with zero attached hydrogens (tertiary/aromatic N) is 2. The molecule has 0 radical (unpaired) electrons. The fourth-order valence-corrected chi connectivity index (χ4v) is 4.96. The second-order valence-electron chi connectivity index (χ2n) is 6.71. The SMILES string of the molecule is O=C1Nc2c[s+](C(=O)[O-])c3nccc(c23)N1c1ccccc1Oc1ccccc1CF. The van der Waals surface area contributed by atoms with Crippen LogP contribution < -0.4 is 20.1 Å². The molecule has 4 aromatic rings. The molecular formula is C22H14FN3O4S. The summed E-state index contributed by atoms with van der Waals surface area (Å²) in [5.41, 5.74) is 1.67. The van der Waals surface area contributed by atoms with Gasteiger partial charge < -0.3 is 20.0 Å². The van der Waals surface area contributed by atoms with Crippen molar-refractivity contribution >= 4 is 49.1 Å². The van der Waals surface area contributed by atoms with Crippen molar-refractivity contribution in [1.82, 2.24) is 4.98 Å². The van der Waals surface area contributed by atoms with E-state index in [2.05, 4.69) is 10.3 Å². The summed E-state index contributed by atoms with van der Waals surface area (Å²) in [4.78, 5) is 30.5. The molecule has 7 nitrogen and oxygen atoms in total. The van der Waals surface area contributed by atoms with Crippen molar-refractivity contribution in [2.75, 3.05) is 10.2 Å². The summed E-state index contributed by atoms with van der Waals surface area (Å²) < 4.78 is 19.4. The standard InChI is InChI=1S/C22H14FN3O4S/c23-11-13-5-1-3-7-17(13)30-18-8-4-2-6-15(18)26-16-9-10-24-20-19(16)14(25-21(26)27)12-31(20)22(28)29/h1-10,12H,11H2,(H-,25,27,28,29). The number of ether oxygens (including phenoxy) is 1. The molecule has 1 N–H and O–H groups in total. The molecule has 0 aliphatic carbocycles. The molecule has 5 rings (SSSR count). The van der Waals surface area contributed by atoms with Gasteiger partial charge in [0.2, 0.25) is 0 Å². The lowest BCUT2D eigenvalue weighted by molar-refractivity contribution is -0.233. The number of para-hydroxylation sites is 3. The average molecular weight is 435 g/mol. The van der Waals surface area contributed by atoms with E-state index in [1.54, 1.807) is 54.6 Å². The molecule has 1 unspecified atom stereocenters. The minimum atomic E-state index is -1.36. The number of hydrogen-bond donors (Lipinski definition) is 1. The number of aromatic nitrogens is 1. The molecule has 0 saturated carbocycles. The first-order valence-corrected chi connectivity index (χ1v) is 10.5. The summed E-state index contributed by atoms with van der Waals surface area (Å²) in [6, 6.07) is 14.8. The summed E-state index contributed by atoms with van der Waals surface area (Å²) in [5, 5.41) is 15.0. The normalized spacial score (nSPS) is 13.3. The molecule has 1 atom stereocenters. The number of nitrogens with one attached hydrogen (secondary N) is 1. The van der Waals surface area contributed by atoms with Crippen molar-refractivity contribution in [3.05, 3.63) is 71.7 Å². The Bertz CT molecular complexity index is 1350. The zero-order valence-corrected chi connectivity index (χ0v) is 16.7. The highest BCUT2D eigenvalue weighted by molar-refractivity contribution is 7.54. The lowest BCUT2D eigenvalue weighted by Crippen LogP contribution is -2.33. The molecule has 2 aromatic heterocycles. The smallest absolute Gasteiger partial charge is 0.331 e. The van der Waals surface area contributed by atoms with Crippen LogP contribution in [0.15, 0.2) is 66.2 Å². The Morgan fingerprint density at radius 3 is 2.61 bits per heavy atom. The fraction of sp³-hybridized carbons (Fsp3) is 0.0455. The van der Waals surface area contributed by atoms with Gasteiger partial charge >= 0.3 is 11.3 Å². The lowest BCUT2D eigenvalue weighted by atomic mass is 10.1. The molecule has 154 valence electrons. The maximum atomic E-state index is 13.4. The highest BCUT2D eigenvalue weighted by atomic mass is 32.2. The van der Waals surface area contributed by atoms with Crippen LogP contribution in [-0.4, -0.2) is 16.3 Å². The lowest BCUT2D eigenvalue weighted by Gasteiger charge is -2.28. The summed E-state index contributed by atoms with van der Waals surface area (Å²) in [6.45, 7) is -0.694. The number of urea groups is 1. The molecule has 9 heteroatoms. The quantitative estimate of drug-likeness (QED) is 0.439. The van der Waals surface area contributed by atoms with Crippen molar-refractivity contribution in [3.63, 3.8) is 0 Å². The van der Waals surface area contributed by atoms with Crippen molar-refractivity contribution in [2.45, 2.75) is 6.67 Å². The molecule has 0 fully saturated rings. The molecular weight excluding hydrogens is 421 g/mol. The predicted molar refractivity (Wildman–Crippen MR) is 114 cm³/mol. The summed E-state index contributed by atoms with van der Waals surface area (Å²) >= 11 is 0. The van der Waals surface area contributed by atoms with E-state index in [4.69, 9.17) is 4.74 Å². The number of carboxylic acid groups (broad SMARTS) is 1. The number of pyridine rings is 1. The molecule has 2 aromatic carbocycles. The van der Waals surface area contributed by atoms with Gasteiger partial charge in [-0.2, -0.15) is 0 Å². The van der Waals surface area contributed by atoms with Crippen LogP contribution in [0.2, 0.25) is 0 Å². The number of halogens is 1. The van der Waals surface area contributed by atoms with E-state index in [0.29, 0.717) is 44.3 Å². The van der Waals surface area contributed by atoms with E-state index in [1.807, 2.05) is 0 Å². The maximum Gasteiger partial charge on any atom is 0.331 e. The number of carbonyl (C=O) groups is 2. The number of carbonyl (C=O) groups excluding carboxylic acids is 2. The van der Waals surface area contributed by atoms with Crippen LogP contribution in [0.25, 0.3) is 10.2 Å². The van der Waals surface area contributed by atoms with Crippen LogP contribution in [0.5, 0.6) is 11.5 Å². The zero-order valence-electron chi connectivity index (χ0n) is 15.9. The third-order valence-corrected chi connectivity index (χ3v) is 6.47. The largest absolute Gasteiger partial charge is 0.500 e. The Hall–Kier alpha value is -3.98. The second kappa shape index (κ2) is 7.37. The molecule has 1 aliphatic heterocycles. The third kappa shape index (κ3) is 3.06. The molecule has 3 heterocycles. The van der Waals surface area contributed by atoms with Crippen molar-refractivity contribution in [1.29, 1.82) is 0 Å². The Balaban J connectivity index is 1.66. The van der Waals surface area contributed by atoms with Gasteiger partial charge in [0, 0.05) is 11.8 Å². The zero-order chi connectivity index (χ0) is 21.5. The van der Waals surface area contributed by atoms with Gasteiger partial charge in [0.1, 0.15) is 23.5 Å². The third-order valence-electron chi connectivity index (χ3n) is 4.92. The van der Waals surface area contributed by atoms with Gasteiger partial charge in [-0.25, -0.2) is 14.2 Å². The minimum Gasteiger partial charge on any atom is -0.500 e. The monoisotopic (exact) mass is 435 g/mol. The Morgan fingerprint density at radius 1 is 1.10 bits per heavy atom. The molecule has 1 aliphatic rings. The van der Waals surface area contributed by atoms with Crippen LogP contribution >= 0.6 is 10.5 Å². The number of amides is 2. The molecule has 0 spiro atoms. The number of rotatable bonds is 5. The molecule has 0 bridgehead atoms. The van der Waals surface area contributed by atoms with E-state index in [-0.39, 0.29) is 0 Å². The highest BCUT2D eigenvalue weighted by Crippen LogP contribution is 2.48. The van der Waals surface area contributed by atoms with Gasteiger partial charge in [0.05, 0.1) is 21.8 Å². The Morgan fingerprint density at radius 2 is 1.84 bits per heavy atom. The van der Waals surface area contributed by atoms with Gasteiger partial charge in [-0.3, -0.25) is 4.90 Å². The first kappa shape index (κ1) is 19.0. The van der Waals surface area contributed by atoms with E-state index < -0.39 is 28.5 Å². The van der Waals surface area contributed by atoms with E-state index in [0.717, 1.165) is 0 Å². The Labute approximate surface area is 178 Å². The van der Waals surface area contributed by atoms with Gasteiger partial charge in [0.25, 0.3) is 4.83 Å². The van der Waals surface area contributed by atoms with Crippen molar-refractivity contribution in [3.8, 4) is 11.5 Å². The van der Waals surface area contributed by atoms with Crippen molar-refractivity contribution in [2.24, 2.45) is 0 Å². The first-order chi connectivity index (χ1) is 15.1. The van der Waals surface area contributed by atoms with Crippen LogP contribution in [0, 0.1) is 0 Å². The number of anilines is 3. The average Bonchev–Trinajstić information content (AvgIpc) is 3.15. The van der Waals surface area contributed by atoms with E-state index in [1.165, 1.54) is 16.5 Å². The first-order valence-electron chi connectivity index (χ1n) is 9.25. The molecule has 0 saturated heterocycles. The number of alkyl halides is 1. The van der Waals surface area contributed by atoms with E-state index in [9.17, 15) is 19.1 Å². The number of benzene rings is 2. The van der Waals surface area contributed by atoms with Crippen LogP contribution in [0.1, 0.15) is 5.56 Å². The second-order valence-corrected chi connectivity index (χ2v) is 8.34. The summed E-state index contributed by atoms with van der Waals surface area (Å²) in [6.07, 6.45) is 1.46. The number of thiophene rings is 1. The van der Waals surface area contributed by atoms with Crippen molar-refractivity contribution < 1.29 is 23.8 Å². The topological polar surface area (TPSA) is 94.6 Å².